The molecule has 0 heterocycles. The van der Waals surface area contributed by atoms with Crippen LogP contribution in [0.25, 0.3) is 0 Å². The van der Waals surface area contributed by atoms with Crippen molar-refractivity contribution in [3.05, 3.63) is 10.1 Å². The van der Waals surface area contributed by atoms with Crippen LogP contribution in [-0.2, 0) is 4.84 Å². The van der Waals surface area contributed by atoms with E-state index in [1.807, 2.05) is 0 Å². The van der Waals surface area contributed by atoms with Crippen molar-refractivity contribution >= 4 is 0 Å². The molecule has 0 radical (unpaired) electrons. The number of hydrogen-bond donors (Lipinski definition) is 0. The Balaban J connectivity index is 1.98. The minimum atomic E-state index is -0.713. The molecule has 4 heteroatoms. The third kappa shape index (κ3) is 3.20. The SMILES string of the molecule is O=[N+]([O-])OCCC1CCCC1. The van der Waals surface area contributed by atoms with Gasteiger partial charge < -0.3 is 4.84 Å². The zero-order valence-electron chi connectivity index (χ0n) is 6.49. The average molecular weight is 159 g/mol. The van der Waals surface area contributed by atoms with Crippen molar-refractivity contribution in [2.75, 3.05) is 6.61 Å². The molecular formula is C7H13NO3. The fraction of sp³-hybridized carbons (Fsp3) is 1.00. The second-order valence-electron chi connectivity index (χ2n) is 3.00. The van der Waals surface area contributed by atoms with Gasteiger partial charge in [-0.05, 0) is 12.3 Å². The van der Waals surface area contributed by atoms with Gasteiger partial charge in [0.25, 0.3) is 5.09 Å². The highest BCUT2D eigenvalue weighted by Gasteiger charge is 2.14. The third-order valence-corrected chi connectivity index (χ3v) is 2.20. The van der Waals surface area contributed by atoms with Crippen LogP contribution in [0.2, 0.25) is 0 Å². The van der Waals surface area contributed by atoms with Crippen LogP contribution in [0.5, 0.6) is 0 Å². The topological polar surface area (TPSA) is 52.4 Å². The summed E-state index contributed by atoms with van der Waals surface area (Å²) in [5.41, 5.74) is 0. The largest absolute Gasteiger partial charge is 0.314 e. The Labute approximate surface area is 65.6 Å². The highest BCUT2D eigenvalue weighted by Crippen LogP contribution is 2.27. The quantitative estimate of drug-likeness (QED) is 0.464. The first-order valence-corrected chi connectivity index (χ1v) is 4.06. The van der Waals surface area contributed by atoms with Crippen molar-refractivity contribution in [2.45, 2.75) is 32.1 Å². The molecule has 1 aliphatic rings. The maximum absolute atomic E-state index is 9.76. The van der Waals surface area contributed by atoms with E-state index >= 15 is 0 Å². The summed E-state index contributed by atoms with van der Waals surface area (Å²) in [5.74, 6) is 0.676. The lowest BCUT2D eigenvalue weighted by atomic mass is 10.1. The van der Waals surface area contributed by atoms with Gasteiger partial charge in [0.2, 0.25) is 0 Å². The molecule has 0 spiro atoms. The standard InChI is InChI=1S/C7H13NO3/c9-8(10)11-6-5-7-3-1-2-4-7/h7H,1-6H2. The second-order valence-corrected chi connectivity index (χ2v) is 3.00. The molecule has 1 fully saturated rings. The fourth-order valence-corrected chi connectivity index (χ4v) is 1.59. The van der Waals surface area contributed by atoms with Crippen LogP contribution < -0.4 is 0 Å². The summed E-state index contributed by atoms with van der Waals surface area (Å²) < 4.78 is 0. The van der Waals surface area contributed by atoms with Gasteiger partial charge in [-0.1, -0.05) is 25.7 Å². The predicted octanol–water partition coefficient (Wildman–Crippen LogP) is 1.77. The number of nitrogens with zero attached hydrogens (tertiary/aromatic N) is 1. The number of rotatable bonds is 4. The molecule has 0 bridgehead atoms. The molecule has 0 aliphatic heterocycles. The molecule has 0 amide bonds. The Hall–Kier alpha value is -0.800. The van der Waals surface area contributed by atoms with E-state index in [4.69, 9.17) is 0 Å². The van der Waals surface area contributed by atoms with Crippen LogP contribution >= 0.6 is 0 Å². The van der Waals surface area contributed by atoms with Gasteiger partial charge in [0.1, 0.15) is 0 Å². The normalized spacial score (nSPS) is 18.5. The Morgan fingerprint density at radius 2 is 2.09 bits per heavy atom. The van der Waals surface area contributed by atoms with Gasteiger partial charge in [-0.25, -0.2) is 0 Å². The van der Waals surface area contributed by atoms with Crippen LogP contribution in [0.15, 0.2) is 0 Å². The molecule has 0 N–H and O–H groups in total. The summed E-state index contributed by atoms with van der Waals surface area (Å²) in [6.45, 7) is 0.275. The molecule has 0 saturated heterocycles. The van der Waals surface area contributed by atoms with Crippen LogP contribution in [0.4, 0.5) is 0 Å². The molecule has 0 aromatic carbocycles. The second kappa shape index (κ2) is 4.16. The minimum Gasteiger partial charge on any atom is -0.314 e. The Morgan fingerprint density at radius 3 is 2.64 bits per heavy atom. The molecule has 0 aromatic rings. The summed E-state index contributed by atoms with van der Waals surface area (Å²) in [5, 5.41) is 9.04. The van der Waals surface area contributed by atoms with Gasteiger partial charge in [0, 0.05) is 0 Å². The van der Waals surface area contributed by atoms with E-state index in [1.54, 1.807) is 0 Å². The lowest BCUT2D eigenvalue weighted by Crippen LogP contribution is -2.05. The molecule has 64 valence electrons. The zero-order valence-corrected chi connectivity index (χ0v) is 6.49. The van der Waals surface area contributed by atoms with Gasteiger partial charge in [-0.2, -0.15) is 0 Å². The van der Waals surface area contributed by atoms with E-state index in [0.717, 1.165) is 6.42 Å². The average Bonchev–Trinajstić information content (AvgIpc) is 2.39. The van der Waals surface area contributed by atoms with Crippen molar-refractivity contribution in [2.24, 2.45) is 5.92 Å². The summed E-state index contributed by atoms with van der Waals surface area (Å²) in [6, 6.07) is 0. The van der Waals surface area contributed by atoms with Crippen molar-refractivity contribution in [1.82, 2.24) is 0 Å². The van der Waals surface area contributed by atoms with Crippen molar-refractivity contribution in [1.29, 1.82) is 0 Å². The van der Waals surface area contributed by atoms with E-state index in [1.165, 1.54) is 25.7 Å². The van der Waals surface area contributed by atoms with E-state index in [-0.39, 0.29) is 6.61 Å². The van der Waals surface area contributed by atoms with E-state index in [2.05, 4.69) is 4.84 Å². The lowest BCUT2D eigenvalue weighted by molar-refractivity contribution is -0.758. The predicted molar refractivity (Wildman–Crippen MR) is 39.5 cm³/mol. The van der Waals surface area contributed by atoms with Gasteiger partial charge >= 0.3 is 0 Å². The first-order chi connectivity index (χ1) is 5.29. The monoisotopic (exact) mass is 159 g/mol. The molecule has 4 nitrogen and oxygen atoms in total. The van der Waals surface area contributed by atoms with Crippen molar-refractivity contribution in [3.63, 3.8) is 0 Å². The van der Waals surface area contributed by atoms with Gasteiger partial charge in [0.15, 0.2) is 0 Å². The van der Waals surface area contributed by atoms with E-state index in [9.17, 15) is 10.1 Å². The molecule has 1 saturated carbocycles. The summed E-state index contributed by atoms with van der Waals surface area (Å²) in [4.78, 5) is 14.0. The minimum absolute atomic E-state index is 0.275. The highest BCUT2D eigenvalue weighted by atomic mass is 16.9. The van der Waals surface area contributed by atoms with Crippen molar-refractivity contribution < 1.29 is 9.92 Å². The first kappa shape index (κ1) is 8.30. The Kier molecular flexibility index (Phi) is 3.14. The lowest BCUT2D eigenvalue weighted by Gasteiger charge is -2.05. The fourth-order valence-electron chi connectivity index (χ4n) is 1.59. The summed E-state index contributed by atoms with van der Waals surface area (Å²) in [7, 11) is 0. The third-order valence-electron chi connectivity index (χ3n) is 2.20. The van der Waals surface area contributed by atoms with Gasteiger partial charge in [-0.3, -0.25) is 0 Å². The molecule has 1 aliphatic carbocycles. The molecule has 0 aromatic heterocycles. The summed E-state index contributed by atoms with van der Waals surface area (Å²) in [6.07, 6.45) is 5.86. The zero-order chi connectivity index (χ0) is 8.10. The maximum Gasteiger partial charge on any atom is 0.294 e. The van der Waals surface area contributed by atoms with Gasteiger partial charge in [0.05, 0.1) is 6.61 Å². The maximum atomic E-state index is 9.76. The van der Waals surface area contributed by atoms with Gasteiger partial charge in [-0.15, -0.1) is 10.1 Å². The van der Waals surface area contributed by atoms with Crippen molar-refractivity contribution in [3.8, 4) is 0 Å². The number of hydrogen-bond acceptors (Lipinski definition) is 3. The van der Waals surface area contributed by atoms with E-state index < -0.39 is 5.09 Å². The molecular weight excluding hydrogens is 146 g/mol. The van der Waals surface area contributed by atoms with Crippen LogP contribution in [0.1, 0.15) is 32.1 Å². The molecule has 11 heavy (non-hydrogen) atoms. The molecule has 0 atom stereocenters. The molecule has 0 unspecified atom stereocenters. The van der Waals surface area contributed by atoms with Crippen LogP contribution in [0.3, 0.4) is 0 Å². The summed E-state index contributed by atoms with van der Waals surface area (Å²) >= 11 is 0. The first-order valence-electron chi connectivity index (χ1n) is 4.06. The highest BCUT2D eigenvalue weighted by molar-refractivity contribution is 4.66. The van der Waals surface area contributed by atoms with Crippen LogP contribution in [-0.4, -0.2) is 11.7 Å². The van der Waals surface area contributed by atoms with Crippen LogP contribution in [0, 0.1) is 16.0 Å². The van der Waals surface area contributed by atoms with E-state index in [0.29, 0.717) is 5.92 Å². The Bertz CT molecular complexity index is 132. The smallest absolute Gasteiger partial charge is 0.294 e. The Morgan fingerprint density at radius 1 is 1.45 bits per heavy atom. The molecule has 1 rings (SSSR count).